The fraction of sp³-hybridized carbons (Fsp3) is 0.385. The average Bonchev–Trinajstić information content (AvgIpc) is 2.75. The van der Waals surface area contributed by atoms with Crippen molar-refractivity contribution in [3.63, 3.8) is 0 Å². The third kappa shape index (κ3) is 4.40. The molecule has 0 aliphatic carbocycles. The molecule has 0 bridgehead atoms. The number of benzene rings is 1. The second-order valence-corrected chi connectivity index (χ2v) is 6.44. The van der Waals surface area contributed by atoms with Crippen LogP contribution in [0.3, 0.4) is 0 Å². The van der Waals surface area contributed by atoms with Crippen LogP contribution in [0.25, 0.3) is 0 Å². The summed E-state index contributed by atoms with van der Waals surface area (Å²) in [4.78, 5) is 0. The van der Waals surface area contributed by atoms with E-state index in [0.717, 1.165) is 0 Å². The molecule has 1 N–H and O–H groups in total. The molecule has 0 aromatic heterocycles. The smallest absolute Gasteiger partial charge is 0.387 e. The molecule has 1 atom stereocenters. The Kier molecular flexibility index (Phi) is 4.79. The molecular weight excluding hydrogens is 304 g/mol. The van der Waals surface area contributed by atoms with Crippen molar-refractivity contribution >= 4 is 9.84 Å². The number of sulfone groups is 1. The second kappa shape index (κ2) is 6.40. The van der Waals surface area contributed by atoms with E-state index in [2.05, 4.69) is 10.1 Å². The van der Waals surface area contributed by atoms with Gasteiger partial charge in [0.05, 0.1) is 12.9 Å². The molecule has 0 saturated heterocycles. The molecule has 8 heteroatoms. The number of ether oxygens (including phenoxy) is 2. The molecule has 1 heterocycles. The van der Waals surface area contributed by atoms with E-state index in [1.165, 1.54) is 24.7 Å². The Morgan fingerprint density at radius 2 is 2.14 bits per heavy atom. The summed E-state index contributed by atoms with van der Waals surface area (Å²) in [6.45, 7) is -2.61. The van der Waals surface area contributed by atoms with Gasteiger partial charge in [0.1, 0.15) is 0 Å². The minimum absolute atomic E-state index is 0.00352. The molecule has 1 aliphatic rings. The fourth-order valence-electron chi connectivity index (χ4n) is 1.97. The van der Waals surface area contributed by atoms with Gasteiger partial charge in [0.25, 0.3) is 0 Å². The molecule has 2 rings (SSSR count). The third-order valence-corrected chi connectivity index (χ3v) is 4.34. The molecule has 0 radical (unpaired) electrons. The fourth-order valence-corrected chi connectivity index (χ4v) is 3.24. The molecule has 1 aliphatic heterocycles. The van der Waals surface area contributed by atoms with Gasteiger partial charge in [0, 0.05) is 18.0 Å². The molecular formula is C13H15F2NO4S. The molecule has 1 aromatic carbocycles. The quantitative estimate of drug-likeness (QED) is 0.864. The minimum atomic E-state index is -3.12. The van der Waals surface area contributed by atoms with Crippen molar-refractivity contribution in [2.75, 3.05) is 12.9 Å². The van der Waals surface area contributed by atoms with E-state index >= 15 is 0 Å². The van der Waals surface area contributed by atoms with Crippen molar-refractivity contribution < 1.29 is 26.7 Å². The van der Waals surface area contributed by atoms with E-state index in [1.807, 2.05) is 0 Å². The highest BCUT2D eigenvalue weighted by Crippen LogP contribution is 2.29. The predicted octanol–water partition coefficient (Wildman–Crippen LogP) is 1.70. The van der Waals surface area contributed by atoms with Crippen LogP contribution < -0.4 is 14.8 Å². The summed E-state index contributed by atoms with van der Waals surface area (Å²) >= 11 is 0. The van der Waals surface area contributed by atoms with Gasteiger partial charge in [-0.25, -0.2) is 8.42 Å². The second-order valence-electron chi connectivity index (χ2n) is 4.51. The molecule has 5 nitrogen and oxygen atoms in total. The minimum Gasteiger partial charge on any atom is -0.493 e. The predicted molar refractivity (Wildman–Crippen MR) is 73.2 cm³/mol. The Balaban J connectivity index is 2.02. The van der Waals surface area contributed by atoms with Crippen LogP contribution in [0.4, 0.5) is 8.78 Å². The van der Waals surface area contributed by atoms with Crippen LogP contribution in [0.1, 0.15) is 5.56 Å². The summed E-state index contributed by atoms with van der Waals surface area (Å²) in [6.07, 6.45) is 1.56. The molecule has 1 aromatic rings. The lowest BCUT2D eigenvalue weighted by atomic mass is 10.2. The van der Waals surface area contributed by atoms with Gasteiger partial charge in [-0.05, 0) is 17.7 Å². The Labute approximate surface area is 121 Å². The summed E-state index contributed by atoms with van der Waals surface area (Å²) in [5, 5.41) is 4.19. The van der Waals surface area contributed by atoms with E-state index in [1.54, 1.807) is 12.1 Å². The maximum absolute atomic E-state index is 12.3. The first kappa shape index (κ1) is 15.7. The molecule has 21 heavy (non-hydrogen) atoms. The van der Waals surface area contributed by atoms with Crippen LogP contribution in [0, 0.1) is 0 Å². The largest absolute Gasteiger partial charge is 0.493 e. The zero-order valence-corrected chi connectivity index (χ0v) is 12.1. The number of methoxy groups -OCH3 is 1. The number of rotatable bonds is 6. The van der Waals surface area contributed by atoms with Crippen LogP contribution in [0.5, 0.6) is 11.5 Å². The van der Waals surface area contributed by atoms with Crippen LogP contribution in [0.15, 0.2) is 29.7 Å². The summed E-state index contributed by atoms with van der Waals surface area (Å²) < 4.78 is 56.5. The van der Waals surface area contributed by atoms with Crippen LogP contribution in [-0.4, -0.2) is 33.9 Å². The first-order valence-electron chi connectivity index (χ1n) is 6.16. The van der Waals surface area contributed by atoms with Gasteiger partial charge in [0.2, 0.25) is 0 Å². The highest BCUT2D eigenvalue weighted by molar-refractivity contribution is 7.94. The van der Waals surface area contributed by atoms with Gasteiger partial charge in [-0.1, -0.05) is 12.1 Å². The number of hydrogen-bond acceptors (Lipinski definition) is 5. The highest BCUT2D eigenvalue weighted by Gasteiger charge is 2.21. The lowest BCUT2D eigenvalue weighted by molar-refractivity contribution is -0.0512. The molecule has 116 valence electrons. The van der Waals surface area contributed by atoms with Crippen molar-refractivity contribution in [1.29, 1.82) is 0 Å². The van der Waals surface area contributed by atoms with E-state index in [-0.39, 0.29) is 23.3 Å². The van der Waals surface area contributed by atoms with Crippen LogP contribution in [-0.2, 0) is 16.4 Å². The molecule has 0 fully saturated rings. The molecule has 0 saturated carbocycles. The SMILES string of the molecule is COc1ccc(CNC2C=CS(=O)(=O)C2)cc1OC(F)F. The van der Waals surface area contributed by atoms with E-state index in [4.69, 9.17) is 4.74 Å². The molecule has 0 spiro atoms. The van der Waals surface area contributed by atoms with Crippen LogP contribution in [0.2, 0.25) is 0 Å². The normalized spacial score (nSPS) is 19.9. The lowest BCUT2D eigenvalue weighted by Crippen LogP contribution is -2.29. The summed E-state index contributed by atoms with van der Waals surface area (Å²) in [6, 6.07) is 4.37. The monoisotopic (exact) mass is 319 g/mol. The number of alkyl halides is 2. The lowest BCUT2D eigenvalue weighted by Gasteiger charge is -2.13. The Morgan fingerprint density at radius 3 is 2.71 bits per heavy atom. The topological polar surface area (TPSA) is 64.6 Å². The number of hydrogen-bond donors (Lipinski definition) is 1. The Hall–Kier alpha value is -1.67. The third-order valence-electron chi connectivity index (χ3n) is 2.94. The average molecular weight is 319 g/mol. The number of halogens is 2. The van der Waals surface area contributed by atoms with Crippen molar-refractivity contribution in [1.82, 2.24) is 5.32 Å². The Bertz CT molecular complexity index is 631. The highest BCUT2D eigenvalue weighted by atomic mass is 32.2. The number of nitrogens with one attached hydrogen (secondary N) is 1. The molecule has 1 unspecified atom stereocenters. The summed E-state index contributed by atoms with van der Waals surface area (Å²) in [7, 11) is -1.76. The van der Waals surface area contributed by atoms with Crippen molar-refractivity contribution in [2.24, 2.45) is 0 Å². The maximum Gasteiger partial charge on any atom is 0.387 e. The van der Waals surface area contributed by atoms with Gasteiger partial charge < -0.3 is 14.8 Å². The van der Waals surface area contributed by atoms with Crippen LogP contribution >= 0.6 is 0 Å². The van der Waals surface area contributed by atoms with E-state index in [0.29, 0.717) is 12.1 Å². The first-order valence-corrected chi connectivity index (χ1v) is 7.87. The van der Waals surface area contributed by atoms with Gasteiger partial charge in [0.15, 0.2) is 21.3 Å². The van der Waals surface area contributed by atoms with Gasteiger partial charge in [-0.2, -0.15) is 8.78 Å². The zero-order valence-electron chi connectivity index (χ0n) is 11.3. The Morgan fingerprint density at radius 1 is 1.38 bits per heavy atom. The van der Waals surface area contributed by atoms with Gasteiger partial charge in [-0.3, -0.25) is 0 Å². The van der Waals surface area contributed by atoms with Gasteiger partial charge in [-0.15, -0.1) is 0 Å². The summed E-state index contributed by atoms with van der Waals surface area (Å²) in [5.74, 6) is 0.160. The zero-order chi connectivity index (χ0) is 15.5. The van der Waals surface area contributed by atoms with Gasteiger partial charge >= 0.3 is 6.61 Å². The van der Waals surface area contributed by atoms with Crippen molar-refractivity contribution in [2.45, 2.75) is 19.2 Å². The van der Waals surface area contributed by atoms with Crippen molar-refractivity contribution in [3.8, 4) is 11.5 Å². The standard InChI is InChI=1S/C13H15F2NO4S/c1-19-11-3-2-9(6-12(11)20-13(14)15)7-16-10-4-5-21(17,18)8-10/h2-6,10,13,16H,7-8H2,1H3. The molecule has 0 amide bonds. The maximum atomic E-state index is 12.3. The van der Waals surface area contributed by atoms with Crippen molar-refractivity contribution in [3.05, 3.63) is 35.2 Å². The summed E-state index contributed by atoms with van der Waals surface area (Å²) in [5.41, 5.74) is 0.684. The van der Waals surface area contributed by atoms with E-state index < -0.39 is 16.4 Å². The van der Waals surface area contributed by atoms with E-state index in [9.17, 15) is 17.2 Å². The first-order chi connectivity index (χ1) is 9.89.